The summed E-state index contributed by atoms with van der Waals surface area (Å²) < 4.78 is 0. The summed E-state index contributed by atoms with van der Waals surface area (Å²) in [5.74, 6) is 0. The van der Waals surface area contributed by atoms with Crippen LogP contribution in [0.25, 0.3) is 0 Å². The number of allylic oxidation sites excluding steroid dienone is 3. The molecule has 0 aliphatic rings. The van der Waals surface area contributed by atoms with Crippen molar-refractivity contribution in [2.45, 2.75) is 18.8 Å². The Balaban J connectivity index is 2.90. The van der Waals surface area contributed by atoms with E-state index in [4.69, 9.17) is 0 Å². The molecule has 0 fully saturated rings. The first-order chi connectivity index (χ1) is 7.23. The van der Waals surface area contributed by atoms with Gasteiger partial charge in [-0.25, -0.2) is 0 Å². The van der Waals surface area contributed by atoms with E-state index in [-0.39, 0.29) is 0 Å². The van der Waals surface area contributed by atoms with Gasteiger partial charge in [0.2, 0.25) is 0 Å². The smallest absolute Gasteiger partial charge is 0.130 e. The van der Waals surface area contributed by atoms with E-state index in [9.17, 15) is 4.79 Å². The van der Waals surface area contributed by atoms with Crippen molar-refractivity contribution in [1.29, 1.82) is 0 Å². The summed E-state index contributed by atoms with van der Waals surface area (Å²) in [6.45, 7) is 5.55. The first kappa shape index (κ1) is 11.4. The minimum atomic E-state index is -0.430. The SMILES string of the molecule is C=C/C=C/CC(C)(C=O)c1ccccc1. The Hall–Kier alpha value is -1.63. The molecule has 0 saturated carbocycles. The van der Waals surface area contributed by atoms with Crippen LogP contribution in [0.15, 0.2) is 55.1 Å². The molecule has 0 radical (unpaired) electrons. The molecule has 0 spiro atoms. The molecule has 78 valence electrons. The topological polar surface area (TPSA) is 17.1 Å². The van der Waals surface area contributed by atoms with Crippen LogP contribution in [0.5, 0.6) is 0 Å². The van der Waals surface area contributed by atoms with Crippen LogP contribution in [0.1, 0.15) is 18.9 Å². The number of hydrogen-bond donors (Lipinski definition) is 0. The van der Waals surface area contributed by atoms with Crippen LogP contribution >= 0.6 is 0 Å². The van der Waals surface area contributed by atoms with Crippen molar-refractivity contribution in [3.63, 3.8) is 0 Å². The molecule has 0 aliphatic carbocycles. The standard InChI is InChI=1S/C14H16O/c1-3-4-8-11-14(2,12-15)13-9-6-5-7-10-13/h3-10,12H,1,11H2,2H3/b8-4+. The van der Waals surface area contributed by atoms with E-state index in [1.165, 1.54) is 0 Å². The maximum Gasteiger partial charge on any atom is 0.130 e. The number of benzene rings is 1. The molecule has 0 heterocycles. The molecule has 1 rings (SSSR count). The molecule has 1 aromatic carbocycles. The largest absolute Gasteiger partial charge is 0.302 e. The fourth-order valence-electron chi connectivity index (χ4n) is 1.46. The summed E-state index contributed by atoms with van der Waals surface area (Å²) in [7, 11) is 0. The Bertz CT molecular complexity index is 351. The first-order valence-corrected chi connectivity index (χ1v) is 5.02. The molecule has 1 nitrogen and oxygen atoms in total. The van der Waals surface area contributed by atoms with Gasteiger partial charge in [0.15, 0.2) is 0 Å². The Morgan fingerprint density at radius 3 is 2.53 bits per heavy atom. The van der Waals surface area contributed by atoms with Gasteiger partial charge in [-0.15, -0.1) is 0 Å². The van der Waals surface area contributed by atoms with Crippen LogP contribution in [-0.2, 0) is 10.2 Å². The van der Waals surface area contributed by atoms with Crippen molar-refractivity contribution in [3.8, 4) is 0 Å². The predicted molar refractivity (Wildman–Crippen MR) is 63.8 cm³/mol. The fourth-order valence-corrected chi connectivity index (χ4v) is 1.46. The summed E-state index contributed by atoms with van der Waals surface area (Å²) in [5.41, 5.74) is 0.620. The van der Waals surface area contributed by atoms with Gasteiger partial charge in [0, 0.05) is 0 Å². The van der Waals surface area contributed by atoms with Crippen LogP contribution < -0.4 is 0 Å². The van der Waals surface area contributed by atoms with E-state index < -0.39 is 5.41 Å². The molecule has 1 aromatic rings. The molecular weight excluding hydrogens is 184 g/mol. The Morgan fingerprint density at radius 2 is 2.00 bits per heavy atom. The van der Waals surface area contributed by atoms with Crippen molar-refractivity contribution in [2.75, 3.05) is 0 Å². The molecule has 0 N–H and O–H groups in total. The normalized spacial score (nSPS) is 14.7. The van der Waals surface area contributed by atoms with E-state index in [1.807, 2.05) is 49.4 Å². The van der Waals surface area contributed by atoms with Gasteiger partial charge in [0.25, 0.3) is 0 Å². The van der Waals surface area contributed by atoms with E-state index in [0.717, 1.165) is 11.8 Å². The van der Waals surface area contributed by atoms with Gasteiger partial charge in [0.1, 0.15) is 6.29 Å². The zero-order valence-electron chi connectivity index (χ0n) is 9.02. The lowest BCUT2D eigenvalue weighted by Gasteiger charge is -2.21. The van der Waals surface area contributed by atoms with Gasteiger partial charge in [-0.05, 0) is 18.9 Å². The van der Waals surface area contributed by atoms with Gasteiger partial charge < -0.3 is 4.79 Å². The van der Waals surface area contributed by atoms with Gasteiger partial charge in [-0.1, -0.05) is 55.1 Å². The number of rotatable bonds is 5. The summed E-state index contributed by atoms with van der Waals surface area (Å²) in [6, 6.07) is 9.82. The minimum absolute atomic E-state index is 0.430. The Labute approximate surface area is 91.1 Å². The quantitative estimate of drug-likeness (QED) is 0.526. The van der Waals surface area contributed by atoms with E-state index in [2.05, 4.69) is 6.58 Å². The third kappa shape index (κ3) is 2.91. The number of carbonyl (C=O) groups excluding carboxylic acids is 1. The highest BCUT2D eigenvalue weighted by Crippen LogP contribution is 2.25. The van der Waals surface area contributed by atoms with E-state index in [0.29, 0.717) is 6.42 Å². The zero-order valence-corrected chi connectivity index (χ0v) is 9.02. The molecule has 0 amide bonds. The highest BCUT2D eigenvalue weighted by molar-refractivity contribution is 5.68. The lowest BCUT2D eigenvalue weighted by Crippen LogP contribution is -2.22. The summed E-state index contributed by atoms with van der Waals surface area (Å²) in [4.78, 5) is 11.2. The lowest BCUT2D eigenvalue weighted by molar-refractivity contribution is -0.112. The summed E-state index contributed by atoms with van der Waals surface area (Å²) >= 11 is 0. The van der Waals surface area contributed by atoms with Gasteiger partial charge in [0.05, 0.1) is 5.41 Å². The fraction of sp³-hybridized carbons (Fsp3) is 0.214. The average molecular weight is 200 g/mol. The minimum Gasteiger partial charge on any atom is -0.302 e. The van der Waals surface area contributed by atoms with E-state index >= 15 is 0 Å². The predicted octanol–water partition coefficient (Wildman–Crippen LogP) is 3.28. The number of carbonyl (C=O) groups is 1. The van der Waals surface area contributed by atoms with Crippen molar-refractivity contribution >= 4 is 6.29 Å². The van der Waals surface area contributed by atoms with Crippen molar-refractivity contribution in [3.05, 3.63) is 60.7 Å². The molecule has 1 heteroatoms. The highest BCUT2D eigenvalue weighted by atomic mass is 16.1. The van der Waals surface area contributed by atoms with Gasteiger partial charge in [-0.3, -0.25) is 0 Å². The molecule has 1 unspecified atom stereocenters. The summed E-state index contributed by atoms with van der Waals surface area (Å²) in [6.07, 6.45) is 7.26. The Morgan fingerprint density at radius 1 is 1.33 bits per heavy atom. The average Bonchev–Trinajstić information content (AvgIpc) is 2.30. The van der Waals surface area contributed by atoms with Crippen LogP contribution in [0.4, 0.5) is 0 Å². The van der Waals surface area contributed by atoms with Crippen LogP contribution in [0, 0.1) is 0 Å². The zero-order chi connectivity index (χ0) is 11.1. The van der Waals surface area contributed by atoms with Crippen molar-refractivity contribution in [1.82, 2.24) is 0 Å². The molecule has 0 aliphatic heterocycles. The van der Waals surface area contributed by atoms with Crippen molar-refractivity contribution < 1.29 is 4.79 Å². The molecule has 0 bridgehead atoms. The monoisotopic (exact) mass is 200 g/mol. The van der Waals surface area contributed by atoms with Crippen LogP contribution in [-0.4, -0.2) is 6.29 Å². The number of aldehydes is 1. The maximum atomic E-state index is 11.2. The first-order valence-electron chi connectivity index (χ1n) is 5.02. The maximum absolute atomic E-state index is 11.2. The molecule has 0 saturated heterocycles. The molecular formula is C14H16O. The second-order valence-corrected chi connectivity index (χ2v) is 3.77. The van der Waals surface area contributed by atoms with Crippen LogP contribution in [0.2, 0.25) is 0 Å². The summed E-state index contributed by atoms with van der Waals surface area (Å²) in [5, 5.41) is 0. The highest BCUT2D eigenvalue weighted by Gasteiger charge is 2.23. The van der Waals surface area contributed by atoms with Gasteiger partial charge >= 0.3 is 0 Å². The van der Waals surface area contributed by atoms with E-state index in [1.54, 1.807) is 6.08 Å². The number of hydrogen-bond acceptors (Lipinski definition) is 1. The molecule has 1 atom stereocenters. The molecule has 0 aromatic heterocycles. The third-order valence-electron chi connectivity index (χ3n) is 2.51. The van der Waals surface area contributed by atoms with Crippen LogP contribution in [0.3, 0.4) is 0 Å². The lowest BCUT2D eigenvalue weighted by atomic mass is 9.81. The van der Waals surface area contributed by atoms with Gasteiger partial charge in [-0.2, -0.15) is 0 Å². The van der Waals surface area contributed by atoms with Crippen molar-refractivity contribution in [2.24, 2.45) is 0 Å². The third-order valence-corrected chi connectivity index (χ3v) is 2.51. The second kappa shape index (κ2) is 5.30. The second-order valence-electron chi connectivity index (χ2n) is 3.77. The molecule has 15 heavy (non-hydrogen) atoms. The Kier molecular flexibility index (Phi) is 4.04.